The quantitative estimate of drug-likeness (QED) is 0.589. The van der Waals surface area contributed by atoms with Crippen LogP contribution in [0.5, 0.6) is 0 Å². The van der Waals surface area contributed by atoms with Crippen molar-refractivity contribution in [3.05, 3.63) is 21.3 Å². The number of nitrogens with one attached hydrogen (secondary N) is 1. The van der Waals surface area contributed by atoms with Crippen LogP contribution < -0.4 is 16.0 Å². The Hall–Kier alpha value is -2.33. The molecule has 0 unspecified atom stereocenters. The fraction of sp³-hybridized carbons (Fsp3) is 0.500. The van der Waals surface area contributed by atoms with Crippen LogP contribution in [0.3, 0.4) is 0 Å². The standard InChI is InChI=1S/C12H16ClN7O3/c13-8-5-15-12(14)11(20(21)22)10(8)19-3-1-18(2-4-19)6-9-16-7-23-17-9/h5H,1-4,6-7H2,(H2,14,15)(H,16,17). The fourth-order valence-corrected chi connectivity index (χ4v) is 2.91. The number of piperazine rings is 1. The number of rotatable bonds is 4. The number of hydrogen-bond acceptors (Lipinski definition) is 9. The van der Waals surface area contributed by atoms with Crippen molar-refractivity contribution < 1.29 is 9.76 Å². The molecule has 10 nitrogen and oxygen atoms in total. The van der Waals surface area contributed by atoms with E-state index >= 15 is 0 Å². The summed E-state index contributed by atoms with van der Waals surface area (Å²) >= 11 is 6.13. The Morgan fingerprint density at radius 1 is 1.43 bits per heavy atom. The number of pyridine rings is 1. The number of nitro groups is 1. The van der Waals surface area contributed by atoms with E-state index in [1.54, 1.807) is 0 Å². The van der Waals surface area contributed by atoms with Crippen LogP contribution in [0.15, 0.2) is 11.4 Å². The van der Waals surface area contributed by atoms with Crippen LogP contribution >= 0.6 is 11.6 Å². The van der Waals surface area contributed by atoms with Gasteiger partial charge in [-0.2, -0.15) is 0 Å². The van der Waals surface area contributed by atoms with Gasteiger partial charge in [-0.3, -0.25) is 15.0 Å². The van der Waals surface area contributed by atoms with E-state index in [1.165, 1.54) is 6.20 Å². The molecule has 2 aliphatic rings. The molecule has 0 spiro atoms. The van der Waals surface area contributed by atoms with Crippen LogP contribution in [0, 0.1) is 10.1 Å². The zero-order valence-corrected chi connectivity index (χ0v) is 13.0. The minimum Gasteiger partial charge on any atom is -0.378 e. The van der Waals surface area contributed by atoms with Crippen LogP contribution in [0.4, 0.5) is 17.2 Å². The average Bonchev–Trinajstić information content (AvgIpc) is 3.03. The first-order chi connectivity index (χ1) is 11.1. The van der Waals surface area contributed by atoms with Crippen molar-refractivity contribution in [2.45, 2.75) is 0 Å². The molecule has 1 saturated heterocycles. The lowest BCUT2D eigenvalue weighted by molar-refractivity contribution is -0.383. The molecule has 1 aromatic rings. The van der Waals surface area contributed by atoms with E-state index in [0.717, 1.165) is 18.9 Å². The minimum atomic E-state index is -0.537. The Bertz CT molecular complexity index is 646. The normalized spacial score (nSPS) is 18.3. The molecular weight excluding hydrogens is 326 g/mol. The summed E-state index contributed by atoms with van der Waals surface area (Å²) in [7, 11) is 0. The highest BCUT2D eigenvalue weighted by molar-refractivity contribution is 6.33. The van der Waals surface area contributed by atoms with E-state index in [-0.39, 0.29) is 16.5 Å². The smallest absolute Gasteiger partial charge is 0.335 e. The third kappa shape index (κ3) is 3.22. The molecule has 0 atom stereocenters. The topological polar surface area (TPSA) is 122 Å². The van der Waals surface area contributed by atoms with Crippen LogP contribution in [0.25, 0.3) is 0 Å². The maximum atomic E-state index is 11.3. The van der Waals surface area contributed by atoms with Crippen molar-refractivity contribution in [2.75, 3.05) is 50.1 Å². The second-order valence-corrected chi connectivity index (χ2v) is 5.60. The Balaban J connectivity index is 1.72. The van der Waals surface area contributed by atoms with Crippen molar-refractivity contribution in [1.82, 2.24) is 15.2 Å². The number of nitrogens with zero attached hydrogens (tertiary/aromatic N) is 5. The third-order valence-corrected chi connectivity index (χ3v) is 4.05. The van der Waals surface area contributed by atoms with Crippen LogP contribution in [0.1, 0.15) is 0 Å². The van der Waals surface area contributed by atoms with Crippen molar-refractivity contribution >= 4 is 34.6 Å². The monoisotopic (exact) mass is 341 g/mol. The minimum absolute atomic E-state index is 0.126. The first-order valence-electron chi connectivity index (χ1n) is 7.04. The molecule has 11 heteroatoms. The van der Waals surface area contributed by atoms with Gasteiger partial charge < -0.3 is 20.8 Å². The van der Waals surface area contributed by atoms with Crippen molar-refractivity contribution in [3.8, 4) is 0 Å². The van der Waals surface area contributed by atoms with Gasteiger partial charge in [-0.1, -0.05) is 16.8 Å². The van der Waals surface area contributed by atoms with E-state index in [1.807, 2.05) is 4.90 Å². The lowest BCUT2D eigenvalue weighted by atomic mass is 10.2. The number of amidine groups is 1. The largest absolute Gasteiger partial charge is 0.378 e. The molecule has 124 valence electrons. The van der Waals surface area contributed by atoms with Gasteiger partial charge in [0.1, 0.15) is 5.69 Å². The number of aromatic nitrogens is 1. The Morgan fingerprint density at radius 2 is 2.17 bits per heavy atom. The maximum Gasteiger partial charge on any atom is 0.335 e. The Morgan fingerprint density at radius 3 is 2.78 bits per heavy atom. The maximum absolute atomic E-state index is 11.3. The van der Waals surface area contributed by atoms with E-state index in [4.69, 9.17) is 22.2 Å². The molecule has 0 saturated carbocycles. The molecule has 3 N–H and O–H groups in total. The zero-order valence-electron chi connectivity index (χ0n) is 12.2. The van der Waals surface area contributed by atoms with Gasteiger partial charge in [0.15, 0.2) is 12.6 Å². The summed E-state index contributed by atoms with van der Waals surface area (Å²) in [5.74, 6) is 0.661. The number of nitrogens with two attached hydrogens (primary N) is 1. The van der Waals surface area contributed by atoms with E-state index in [0.29, 0.717) is 32.1 Å². The molecule has 2 aliphatic heterocycles. The lowest BCUT2D eigenvalue weighted by Gasteiger charge is -2.35. The molecule has 0 radical (unpaired) electrons. The highest BCUT2D eigenvalue weighted by atomic mass is 35.5. The van der Waals surface area contributed by atoms with Crippen LogP contribution in [-0.4, -0.2) is 60.1 Å². The average molecular weight is 342 g/mol. The second-order valence-electron chi connectivity index (χ2n) is 5.20. The van der Waals surface area contributed by atoms with Gasteiger partial charge in [-0.15, -0.1) is 0 Å². The van der Waals surface area contributed by atoms with Gasteiger partial charge >= 0.3 is 5.69 Å². The molecule has 23 heavy (non-hydrogen) atoms. The number of anilines is 2. The van der Waals surface area contributed by atoms with E-state index < -0.39 is 4.92 Å². The number of oxime groups is 1. The molecule has 3 heterocycles. The third-order valence-electron chi connectivity index (χ3n) is 3.77. The molecule has 0 aromatic carbocycles. The predicted molar refractivity (Wildman–Crippen MR) is 85.5 cm³/mol. The van der Waals surface area contributed by atoms with Gasteiger partial charge in [0.25, 0.3) is 0 Å². The first kappa shape index (κ1) is 15.6. The second kappa shape index (κ2) is 6.42. The molecular formula is C12H16ClN7O3. The van der Waals surface area contributed by atoms with Gasteiger partial charge in [-0.25, -0.2) is 4.98 Å². The highest BCUT2D eigenvalue weighted by Crippen LogP contribution is 2.38. The molecule has 0 bridgehead atoms. The Labute approximate surface area is 137 Å². The number of hydrogen-bond donors (Lipinski definition) is 2. The van der Waals surface area contributed by atoms with Gasteiger partial charge in [0.05, 0.1) is 22.7 Å². The Kier molecular flexibility index (Phi) is 4.35. The van der Waals surface area contributed by atoms with E-state index in [9.17, 15) is 10.1 Å². The first-order valence-corrected chi connectivity index (χ1v) is 7.42. The van der Waals surface area contributed by atoms with E-state index in [2.05, 4.69) is 20.4 Å². The fourth-order valence-electron chi connectivity index (χ4n) is 2.65. The molecule has 1 aromatic heterocycles. The molecule has 3 rings (SSSR count). The zero-order chi connectivity index (χ0) is 16.4. The summed E-state index contributed by atoms with van der Waals surface area (Å²) in [4.78, 5) is 23.5. The summed E-state index contributed by atoms with van der Waals surface area (Å²) in [5, 5.41) is 18.4. The summed E-state index contributed by atoms with van der Waals surface area (Å²) in [6, 6.07) is 0. The summed E-state index contributed by atoms with van der Waals surface area (Å²) < 4.78 is 0. The summed E-state index contributed by atoms with van der Waals surface area (Å²) in [6.45, 7) is 3.68. The number of nitrogen functional groups attached to an aromatic ring is 1. The van der Waals surface area contributed by atoms with Crippen LogP contribution in [0.2, 0.25) is 5.02 Å². The summed E-state index contributed by atoms with van der Waals surface area (Å²) in [6.07, 6.45) is 1.35. The van der Waals surface area contributed by atoms with Crippen molar-refractivity contribution in [3.63, 3.8) is 0 Å². The SMILES string of the molecule is Nc1ncc(Cl)c(N2CCN(CC3=NOCN3)CC2)c1[N+](=O)[O-]. The predicted octanol–water partition coefficient (Wildman–Crippen LogP) is 0.238. The molecule has 0 amide bonds. The van der Waals surface area contributed by atoms with Crippen molar-refractivity contribution in [2.24, 2.45) is 5.16 Å². The molecule has 0 aliphatic carbocycles. The van der Waals surface area contributed by atoms with Crippen LogP contribution in [-0.2, 0) is 4.84 Å². The van der Waals surface area contributed by atoms with Gasteiger partial charge in [0.2, 0.25) is 5.82 Å². The number of halogens is 1. The van der Waals surface area contributed by atoms with Gasteiger partial charge in [0, 0.05) is 26.2 Å². The van der Waals surface area contributed by atoms with Gasteiger partial charge in [-0.05, 0) is 0 Å². The van der Waals surface area contributed by atoms with Crippen molar-refractivity contribution in [1.29, 1.82) is 0 Å². The molecule has 1 fully saturated rings. The summed E-state index contributed by atoms with van der Waals surface area (Å²) in [5.41, 5.74) is 5.75. The highest BCUT2D eigenvalue weighted by Gasteiger charge is 2.29. The lowest BCUT2D eigenvalue weighted by Crippen LogP contribution is -2.49.